The van der Waals surface area contributed by atoms with Crippen LogP contribution in [0.5, 0.6) is 0 Å². The summed E-state index contributed by atoms with van der Waals surface area (Å²) in [6, 6.07) is 0. The van der Waals surface area contributed by atoms with Crippen molar-refractivity contribution < 1.29 is 14.3 Å². The molecule has 1 aliphatic heterocycles. The molecular weight excluding hydrogens is 220 g/mol. The molecule has 1 aliphatic rings. The second-order valence-electron chi connectivity index (χ2n) is 4.58. The molecule has 0 aromatic carbocycles. The maximum absolute atomic E-state index is 12.2. The summed E-state index contributed by atoms with van der Waals surface area (Å²) < 4.78 is 4.60. The van der Waals surface area contributed by atoms with E-state index in [9.17, 15) is 9.59 Å². The first-order valence-corrected chi connectivity index (χ1v) is 6.14. The third-order valence-electron chi connectivity index (χ3n) is 3.47. The second kappa shape index (κ2) is 5.49. The molecule has 1 rings (SSSR count). The van der Waals surface area contributed by atoms with E-state index in [2.05, 4.69) is 10.1 Å². The van der Waals surface area contributed by atoms with E-state index in [4.69, 9.17) is 0 Å². The van der Waals surface area contributed by atoms with Crippen LogP contribution < -0.4 is 5.32 Å². The third kappa shape index (κ3) is 2.77. The van der Waals surface area contributed by atoms with Crippen LogP contribution in [0.15, 0.2) is 0 Å². The molecule has 0 bridgehead atoms. The molecule has 0 aliphatic carbocycles. The van der Waals surface area contributed by atoms with E-state index in [0.717, 1.165) is 12.8 Å². The van der Waals surface area contributed by atoms with Crippen LogP contribution in [0.1, 0.15) is 40.0 Å². The van der Waals surface area contributed by atoms with E-state index in [1.54, 1.807) is 4.90 Å². The van der Waals surface area contributed by atoms with Crippen LogP contribution in [-0.2, 0) is 14.3 Å². The zero-order chi connectivity index (χ0) is 13.1. The highest BCUT2D eigenvalue weighted by molar-refractivity contribution is 5.88. The van der Waals surface area contributed by atoms with Crippen LogP contribution in [0.25, 0.3) is 0 Å². The van der Waals surface area contributed by atoms with Crippen molar-refractivity contribution >= 4 is 11.9 Å². The van der Waals surface area contributed by atoms with Crippen LogP contribution in [0.4, 0.5) is 0 Å². The normalized spacial score (nSPS) is 28.6. The Morgan fingerprint density at radius 3 is 2.65 bits per heavy atom. The zero-order valence-electron chi connectivity index (χ0n) is 11.1. The molecule has 1 saturated heterocycles. The molecular formula is C12H22N2O3. The Morgan fingerprint density at radius 1 is 1.53 bits per heavy atom. The third-order valence-corrected chi connectivity index (χ3v) is 3.47. The fourth-order valence-electron chi connectivity index (χ4n) is 2.11. The number of carbonyl (C=O) groups excluding carboxylic acids is 2. The maximum Gasteiger partial charge on any atom is 0.307 e. The largest absolute Gasteiger partial charge is 0.469 e. The lowest BCUT2D eigenvalue weighted by Crippen LogP contribution is -2.43. The SMILES string of the molecule is CCC1NC(C)(CC)C(=O)N1CCC(=O)OC. The molecule has 0 aromatic rings. The zero-order valence-corrected chi connectivity index (χ0v) is 11.1. The molecule has 0 aromatic heterocycles. The van der Waals surface area contributed by atoms with Crippen LogP contribution in [-0.4, -0.2) is 42.1 Å². The van der Waals surface area contributed by atoms with Crippen LogP contribution in [0, 0.1) is 0 Å². The molecule has 5 heteroatoms. The quantitative estimate of drug-likeness (QED) is 0.727. The van der Waals surface area contributed by atoms with Crippen LogP contribution in [0.3, 0.4) is 0 Å². The van der Waals surface area contributed by atoms with Gasteiger partial charge in [-0.1, -0.05) is 13.8 Å². The molecule has 1 N–H and O–H groups in total. The molecule has 1 amide bonds. The van der Waals surface area contributed by atoms with Gasteiger partial charge in [-0.3, -0.25) is 14.9 Å². The number of hydrogen-bond donors (Lipinski definition) is 1. The number of rotatable bonds is 5. The highest BCUT2D eigenvalue weighted by Crippen LogP contribution is 2.25. The number of ether oxygens (including phenoxy) is 1. The van der Waals surface area contributed by atoms with Gasteiger partial charge in [0.15, 0.2) is 0 Å². The first-order valence-electron chi connectivity index (χ1n) is 6.14. The van der Waals surface area contributed by atoms with Gasteiger partial charge in [0.2, 0.25) is 5.91 Å². The molecule has 1 heterocycles. The van der Waals surface area contributed by atoms with Crippen LogP contribution >= 0.6 is 0 Å². The van der Waals surface area contributed by atoms with Crippen molar-refractivity contribution in [3.8, 4) is 0 Å². The average molecular weight is 242 g/mol. The Hall–Kier alpha value is -1.10. The van der Waals surface area contributed by atoms with Gasteiger partial charge >= 0.3 is 5.97 Å². The lowest BCUT2D eigenvalue weighted by Gasteiger charge is -2.22. The number of hydrogen-bond acceptors (Lipinski definition) is 4. The fraction of sp³-hybridized carbons (Fsp3) is 0.833. The predicted octanol–water partition coefficient (Wildman–Crippen LogP) is 0.886. The minimum Gasteiger partial charge on any atom is -0.469 e. The van der Waals surface area contributed by atoms with E-state index in [-0.39, 0.29) is 24.5 Å². The average Bonchev–Trinajstić information content (AvgIpc) is 2.59. The molecule has 1 fully saturated rings. The minimum absolute atomic E-state index is 0.0251. The van der Waals surface area contributed by atoms with Gasteiger partial charge in [0, 0.05) is 6.54 Å². The van der Waals surface area contributed by atoms with E-state index in [1.807, 2.05) is 20.8 Å². The summed E-state index contributed by atoms with van der Waals surface area (Å²) in [5.74, 6) is -0.200. The molecule has 2 unspecified atom stereocenters. The van der Waals surface area contributed by atoms with Crippen LogP contribution in [0.2, 0.25) is 0 Å². The molecule has 0 saturated carbocycles. The molecule has 98 valence electrons. The summed E-state index contributed by atoms with van der Waals surface area (Å²) in [5, 5.41) is 3.33. The lowest BCUT2D eigenvalue weighted by molar-refractivity contribution is -0.142. The lowest BCUT2D eigenvalue weighted by atomic mass is 9.99. The minimum atomic E-state index is -0.489. The number of amides is 1. The number of nitrogens with zero attached hydrogens (tertiary/aromatic N) is 1. The summed E-state index contributed by atoms with van der Waals surface area (Å²) in [7, 11) is 1.36. The van der Waals surface area contributed by atoms with Gasteiger partial charge in [-0.05, 0) is 19.8 Å². The van der Waals surface area contributed by atoms with Gasteiger partial charge in [0.05, 0.1) is 25.2 Å². The molecule has 5 nitrogen and oxygen atoms in total. The molecule has 2 atom stereocenters. The van der Waals surface area contributed by atoms with Gasteiger partial charge in [-0.25, -0.2) is 0 Å². The summed E-state index contributed by atoms with van der Waals surface area (Å²) in [4.78, 5) is 25.1. The Morgan fingerprint density at radius 2 is 2.18 bits per heavy atom. The Kier molecular flexibility index (Phi) is 4.51. The number of methoxy groups -OCH3 is 1. The summed E-state index contributed by atoms with van der Waals surface area (Å²) in [6.07, 6.45) is 1.86. The highest BCUT2D eigenvalue weighted by atomic mass is 16.5. The van der Waals surface area contributed by atoms with E-state index in [1.165, 1.54) is 7.11 Å². The van der Waals surface area contributed by atoms with E-state index in [0.29, 0.717) is 6.54 Å². The van der Waals surface area contributed by atoms with Gasteiger partial charge in [0.1, 0.15) is 0 Å². The first-order chi connectivity index (χ1) is 7.98. The standard InChI is InChI=1S/C12H22N2O3/c1-5-9-13-12(3,6-2)11(16)14(9)8-7-10(15)17-4/h9,13H,5-8H2,1-4H3. The Bertz CT molecular complexity index is 306. The second-order valence-corrected chi connectivity index (χ2v) is 4.58. The maximum atomic E-state index is 12.2. The van der Waals surface area contributed by atoms with Crippen molar-refractivity contribution in [2.75, 3.05) is 13.7 Å². The summed E-state index contributed by atoms with van der Waals surface area (Å²) >= 11 is 0. The van der Waals surface area contributed by atoms with Crippen molar-refractivity contribution in [2.24, 2.45) is 0 Å². The van der Waals surface area contributed by atoms with E-state index < -0.39 is 5.54 Å². The smallest absolute Gasteiger partial charge is 0.307 e. The molecule has 0 spiro atoms. The fourth-order valence-corrected chi connectivity index (χ4v) is 2.11. The van der Waals surface area contributed by atoms with Crippen molar-refractivity contribution in [2.45, 2.75) is 51.7 Å². The highest BCUT2D eigenvalue weighted by Gasteiger charge is 2.45. The molecule has 0 radical (unpaired) electrons. The molecule has 17 heavy (non-hydrogen) atoms. The van der Waals surface area contributed by atoms with E-state index >= 15 is 0 Å². The van der Waals surface area contributed by atoms with Crippen molar-refractivity contribution in [3.63, 3.8) is 0 Å². The van der Waals surface area contributed by atoms with Gasteiger partial charge in [0.25, 0.3) is 0 Å². The van der Waals surface area contributed by atoms with Crippen molar-refractivity contribution in [1.82, 2.24) is 10.2 Å². The predicted molar refractivity (Wildman–Crippen MR) is 64.3 cm³/mol. The topological polar surface area (TPSA) is 58.6 Å². The Balaban J connectivity index is 2.69. The number of esters is 1. The van der Waals surface area contributed by atoms with Gasteiger partial charge in [-0.2, -0.15) is 0 Å². The van der Waals surface area contributed by atoms with Crippen molar-refractivity contribution in [3.05, 3.63) is 0 Å². The summed E-state index contributed by atoms with van der Waals surface area (Å²) in [5.41, 5.74) is -0.489. The summed E-state index contributed by atoms with van der Waals surface area (Å²) in [6.45, 7) is 6.35. The van der Waals surface area contributed by atoms with Crippen molar-refractivity contribution in [1.29, 1.82) is 0 Å². The van der Waals surface area contributed by atoms with Gasteiger partial charge < -0.3 is 9.64 Å². The number of nitrogens with one attached hydrogen (secondary N) is 1. The monoisotopic (exact) mass is 242 g/mol. The van der Waals surface area contributed by atoms with Gasteiger partial charge in [-0.15, -0.1) is 0 Å². The number of carbonyl (C=O) groups is 2. The Labute approximate surface area is 102 Å². The first kappa shape index (κ1) is 14.0.